The van der Waals surface area contributed by atoms with E-state index in [2.05, 4.69) is 9.97 Å². The van der Waals surface area contributed by atoms with Crippen molar-refractivity contribution in [2.45, 2.75) is 5.37 Å². The molecule has 1 atom stereocenters. The molecule has 1 saturated heterocycles. The maximum Gasteiger partial charge on any atom is 1.00 e. The first-order valence-electron chi connectivity index (χ1n) is 6.06. The first-order valence-corrected chi connectivity index (χ1v) is 7.00. The Morgan fingerprint density at radius 2 is 2.27 bits per heavy atom. The van der Waals surface area contributed by atoms with Crippen LogP contribution in [0.5, 0.6) is 0 Å². The van der Waals surface area contributed by atoms with Crippen molar-refractivity contribution in [3.63, 3.8) is 0 Å². The fourth-order valence-electron chi connectivity index (χ4n) is 2.35. The molecule has 0 spiro atoms. The van der Waals surface area contributed by atoms with Crippen LogP contribution in [0.4, 0.5) is 0 Å². The minimum Gasteiger partial charge on any atom is -0.543 e. The molecule has 0 aliphatic carbocycles. The number of hydrogen-bond acceptors (Lipinski definition) is 6. The van der Waals surface area contributed by atoms with Crippen molar-refractivity contribution >= 4 is 35.4 Å². The molecule has 0 N–H and O–H groups in total. The zero-order valence-corrected chi connectivity index (χ0v) is 14.3. The molecule has 0 saturated carbocycles. The van der Waals surface area contributed by atoms with Crippen LogP contribution in [0.15, 0.2) is 41.5 Å². The van der Waals surface area contributed by atoms with Gasteiger partial charge in [-0.15, -0.1) is 11.8 Å². The van der Waals surface area contributed by atoms with E-state index >= 15 is 0 Å². The fourth-order valence-corrected chi connectivity index (χ4v) is 3.46. The summed E-state index contributed by atoms with van der Waals surface area (Å²) in [6.45, 7) is 0. The Hall–Kier alpha value is -1.61. The quantitative estimate of drug-likeness (QED) is 0.326. The zero-order valence-electron chi connectivity index (χ0n) is 11.5. The molecule has 9 heteroatoms. The van der Waals surface area contributed by atoms with E-state index in [1.807, 2.05) is 0 Å². The molecule has 1 unspecified atom stereocenters. The van der Waals surface area contributed by atoms with Crippen LogP contribution >= 0.6 is 11.8 Å². The third kappa shape index (κ3) is 2.19. The van der Waals surface area contributed by atoms with Gasteiger partial charge in [0.2, 0.25) is 0 Å². The molecule has 0 bridgehead atoms. The van der Waals surface area contributed by atoms with Gasteiger partial charge in [0.25, 0.3) is 5.91 Å². The summed E-state index contributed by atoms with van der Waals surface area (Å²) in [5.74, 6) is -1.66. The number of thioether (sulfide) groups is 1. The van der Waals surface area contributed by atoms with Gasteiger partial charge in [0, 0.05) is 18.6 Å². The Morgan fingerprint density at radius 3 is 3.00 bits per heavy atom. The van der Waals surface area contributed by atoms with Gasteiger partial charge in [-0.3, -0.25) is 14.7 Å². The second-order valence-corrected chi connectivity index (χ2v) is 5.52. The number of β-lactam (4-membered cyclic amide) rings is 1. The normalized spacial score (nSPS) is 21.4. The van der Waals surface area contributed by atoms with E-state index in [0.29, 0.717) is 16.9 Å². The molecule has 2 aliphatic heterocycles. The van der Waals surface area contributed by atoms with Crippen molar-refractivity contribution in [3.05, 3.63) is 47.2 Å². The molecule has 7 nitrogen and oxygen atoms in total. The van der Waals surface area contributed by atoms with Crippen molar-refractivity contribution in [2.75, 3.05) is 0 Å². The summed E-state index contributed by atoms with van der Waals surface area (Å²) in [6, 6.07) is 0. The summed E-state index contributed by atoms with van der Waals surface area (Å²) in [4.78, 5) is 32.5. The summed E-state index contributed by atoms with van der Waals surface area (Å²) < 4.78 is 1.80. The Bertz CT molecular complexity index is 827. The Kier molecular flexibility index (Phi) is 3.85. The molecule has 4 heterocycles. The van der Waals surface area contributed by atoms with Crippen LogP contribution in [0, 0.1) is 0 Å². The van der Waals surface area contributed by atoms with Crippen LogP contribution in [-0.4, -0.2) is 36.5 Å². The minimum atomic E-state index is -1.34. The van der Waals surface area contributed by atoms with Crippen LogP contribution in [0.1, 0.15) is 5.69 Å². The van der Waals surface area contributed by atoms with Crippen LogP contribution in [0.3, 0.4) is 0 Å². The van der Waals surface area contributed by atoms with Gasteiger partial charge in [0.15, 0.2) is 5.65 Å². The molecule has 2 aliphatic rings. The minimum absolute atomic E-state index is 0. The van der Waals surface area contributed by atoms with E-state index in [1.165, 1.54) is 22.1 Å². The molecule has 0 radical (unpaired) electrons. The molecule has 4 rings (SSSR count). The van der Waals surface area contributed by atoms with Crippen molar-refractivity contribution in [1.29, 1.82) is 0 Å². The van der Waals surface area contributed by atoms with Crippen LogP contribution in [0.25, 0.3) is 11.7 Å². The summed E-state index contributed by atoms with van der Waals surface area (Å²) in [7, 11) is 0. The number of nitrogens with zero attached hydrogens (tertiary/aromatic N) is 4. The summed E-state index contributed by atoms with van der Waals surface area (Å²) in [6.07, 6.45) is 8.49. The third-order valence-electron chi connectivity index (χ3n) is 3.33. The van der Waals surface area contributed by atoms with Crippen molar-refractivity contribution in [3.8, 4) is 0 Å². The largest absolute Gasteiger partial charge is 1.00 e. The molecule has 0 aromatic carbocycles. The number of aromatic nitrogens is 3. The number of carbonyl (C=O) groups is 2. The predicted molar refractivity (Wildman–Crippen MR) is 72.3 cm³/mol. The Balaban J connectivity index is 0.00000144. The van der Waals surface area contributed by atoms with Crippen LogP contribution in [0.2, 0.25) is 0 Å². The molecular formula is C13H7N4NaO3S. The van der Waals surface area contributed by atoms with Gasteiger partial charge in [-0.1, -0.05) is 0 Å². The SMILES string of the molecule is O=C([O-])C1=CSC2/C(=C\c3cn4ccncc4n3)C(=O)N12.[Na+]. The van der Waals surface area contributed by atoms with Crippen LogP contribution in [-0.2, 0) is 9.59 Å². The maximum absolute atomic E-state index is 12.0. The maximum atomic E-state index is 12.0. The van der Waals surface area contributed by atoms with Crippen molar-refractivity contribution in [2.24, 2.45) is 0 Å². The molecule has 2 aromatic heterocycles. The van der Waals surface area contributed by atoms with E-state index in [4.69, 9.17) is 0 Å². The van der Waals surface area contributed by atoms with E-state index in [1.54, 1.807) is 35.3 Å². The van der Waals surface area contributed by atoms with Crippen LogP contribution < -0.4 is 34.7 Å². The van der Waals surface area contributed by atoms with Gasteiger partial charge in [-0.25, -0.2) is 4.98 Å². The average Bonchev–Trinajstić information content (AvgIpc) is 3.05. The molecule has 1 amide bonds. The van der Waals surface area contributed by atoms with Gasteiger partial charge >= 0.3 is 29.6 Å². The predicted octanol–water partition coefficient (Wildman–Crippen LogP) is -3.38. The van der Waals surface area contributed by atoms with Crippen molar-refractivity contribution < 1.29 is 44.3 Å². The van der Waals surface area contributed by atoms with Gasteiger partial charge in [-0.2, -0.15) is 0 Å². The topological polar surface area (TPSA) is 90.6 Å². The number of imidazole rings is 1. The number of hydrogen-bond donors (Lipinski definition) is 0. The van der Waals surface area contributed by atoms with E-state index in [-0.39, 0.29) is 46.5 Å². The fraction of sp³-hybridized carbons (Fsp3) is 0.0769. The molecular weight excluding hydrogens is 315 g/mol. The molecule has 2 aromatic rings. The van der Waals surface area contributed by atoms with E-state index in [9.17, 15) is 14.7 Å². The standard InChI is InChI=1S/C13H8N4O3S.Na/c18-11-8(12-17(11)9(6-21-12)13(19)20)3-7-5-16-2-1-14-4-10(16)15-7;/h1-6,12H,(H,19,20);/q;+1/p-1/b8-3-;. The summed E-state index contributed by atoms with van der Waals surface area (Å²) >= 11 is 1.27. The number of carboxylic acid groups (broad SMARTS) is 1. The summed E-state index contributed by atoms with van der Waals surface area (Å²) in [5.41, 5.74) is 1.77. The number of fused-ring (bicyclic) bond motifs is 2. The zero-order chi connectivity index (χ0) is 14.6. The van der Waals surface area contributed by atoms with E-state index < -0.39 is 5.97 Å². The first kappa shape index (κ1) is 15.3. The smallest absolute Gasteiger partial charge is 0.543 e. The van der Waals surface area contributed by atoms with E-state index in [0.717, 1.165) is 0 Å². The van der Waals surface area contributed by atoms with Gasteiger partial charge in [0.05, 0.1) is 29.1 Å². The number of aliphatic carboxylic acids is 1. The van der Waals surface area contributed by atoms with Gasteiger partial charge in [0.1, 0.15) is 5.37 Å². The Labute approximate surface area is 151 Å². The average molecular weight is 322 g/mol. The second kappa shape index (κ2) is 5.54. The summed E-state index contributed by atoms with van der Waals surface area (Å²) in [5, 5.41) is 12.0. The molecule has 22 heavy (non-hydrogen) atoms. The van der Waals surface area contributed by atoms with Crippen molar-refractivity contribution in [1.82, 2.24) is 19.3 Å². The third-order valence-corrected chi connectivity index (χ3v) is 4.41. The first-order chi connectivity index (χ1) is 10.1. The monoisotopic (exact) mass is 322 g/mol. The number of carboxylic acids is 1. The second-order valence-electron chi connectivity index (χ2n) is 4.56. The number of amides is 1. The van der Waals surface area contributed by atoms with Gasteiger partial charge in [-0.05, 0) is 11.5 Å². The molecule has 1 fully saturated rings. The number of rotatable bonds is 2. The van der Waals surface area contributed by atoms with Gasteiger partial charge < -0.3 is 14.3 Å². The Morgan fingerprint density at radius 1 is 1.45 bits per heavy atom. The number of carbonyl (C=O) groups excluding carboxylic acids is 2. The molecule has 104 valence electrons.